The lowest BCUT2D eigenvalue weighted by Gasteiger charge is -2.38. The summed E-state index contributed by atoms with van der Waals surface area (Å²) >= 11 is 0. The van der Waals surface area contributed by atoms with Gasteiger partial charge < -0.3 is 18.9 Å². The normalized spacial score (nSPS) is 21.8. The Labute approximate surface area is 154 Å². The van der Waals surface area contributed by atoms with Gasteiger partial charge in [-0.15, -0.1) is 0 Å². The molecule has 5 nitrogen and oxygen atoms in total. The second kappa shape index (κ2) is 7.08. The molecule has 0 radical (unpaired) electrons. The molecule has 2 aliphatic rings. The number of benzene rings is 2. The molecule has 0 spiro atoms. The number of hydrogen-bond acceptors (Lipinski definition) is 5. The van der Waals surface area contributed by atoms with E-state index in [-0.39, 0.29) is 6.10 Å². The summed E-state index contributed by atoms with van der Waals surface area (Å²) in [5.41, 5.74) is 2.63. The Morgan fingerprint density at radius 3 is 2.58 bits per heavy atom. The Hall–Kier alpha value is -2.40. The molecule has 0 aromatic heterocycles. The largest absolute Gasteiger partial charge is 0.493 e. The van der Waals surface area contributed by atoms with E-state index in [2.05, 4.69) is 24.0 Å². The Morgan fingerprint density at radius 2 is 1.81 bits per heavy atom. The third-order valence-electron chi connectivity index (χ3n) is 5.32. The summed E-state index contributed by atoms with van der Waals surface area (Å²) < 4.78 is 22.9. The zero-order valence-corrected chi connectivity index (χ0v) is 15.5. The van der Waals surface area contributed by atoms with Crippen molar-refractivity contribution in [3.05, 3.63) is 47.5 Å². The zero-order valence-electron chi connectivity index (χ0n) is 15.5. The van der Waals surface area contributed by atoms with Gasteiger partial charge in [-0.05, 0) is 48.7 Å². The summed E-state index contributed by atoms with van der Waals surface area (Å²) in [6, 6.07) is 12.4. The van der Waals surface area contributed by atoms with Gasteiger partial charge in [0.05, 0.1) is 14.2 Å². The quantitative estimate of drug-likeness (QED) is 0.840. The van der Waals surface area contributed by atoms with E-state index in [4.69, 9.17) is 18.9 Å². The van der Waals surface area contributed by atoms with Crippen LogP contribution in [-0.2, 0) is 6.42 Å². The van der Waals surface area contributed by atoms with E-state index in [9.17, 15) is 0 Å². The summed E-state index contributed by atoms with van der Waals surface area (Å²) in [6.07, 6.45) is 1.03. The van der Waals surface area contributed by atoms with Crippen LogP contribution < -0.4 is 18.9 Å². The molecule has 0 saturated heterocycles. The minimum absolute atomic E-state index is 0.0362. The highest BCUT2D eigenvalue weighted by Crippen LogP contribution is 2.38. The molecular formula is C21H25NO4. The average Bonchev–Trinajstić information content (AvgIpc) is 2.69. The van der Waals surface area contributed by atoms with Crippen LogP contribution in [0.4, 0.5) is 0 Å². The van der Waals surface area contributed by atoms with Crippen LogP contribution in [0.5, 0.6) is 23.0 Å². The summed E-state index contributed by atoms with van der Waals surface area (Å²) in [7, 11) is 3.36. The number of para-hydroxylation sites is 2. The van der Waals surface area contributed by atoms with Gasteiger partial charge in [-0.2, -0.15) is 0 Å². The molecule has 5 heteroatoms. The number of hydrogen-bond donors (Lipinski definition) is 0. The first-order valence-corrected chi connectivity index (χ1v) is 9.07. The highest BCUT2D eigenvalue weighted by atomic mass is 16.6. The minimum Gasteiger partial charge on any atom is -0.493 e. The van der Waals surface area contributed by atoms with E-state index in [1.807, 2.05) is 24.3 Å². The monoisotopic (exact) mass is 355 g/mol. The van der Waals surface area contributed by atoms with E-state index in [0.29, 0.717) is 12.6 Å². The maximum atomic E-state index is 6.14. The van der Waals surface area contributed by atoms with Crippen molar-refractivity contribution in [3.63, 3.8) is 0 Å². The van der Waals surface area contributed by atoms with E-state index in [1.54, 1.807) is 14.2 Å². The fraction of sp³-hybridized carbons (Fsp3) is 0.429. The number of rotatable bonds is 4. The van der Waals surface area contributed by atoms with Crippen LogP contribution in [0.1, 0.15) is 24.1 Å². The van der Waals surface area contributed by atoms with Gasteiger partial charge in [0.25, 0.3) is 0 Å². The molecule has 0 N–H and O–H groups in total. The van der Waals surface area contributed by atoms with Crippen molar-refractivity contribution in [2.24, 2.45) is 0 Å². The number of methoxy groups -OCH3 is 2. The summed E-state index contributed by atoms with van der Waals surface area (Å²) in [4.78, 5) is 2.45. The predicted molar refractivity (Wildman–Crippen MR) is 99.6 cm³/mol. The average molecular weight is 355 g/mol. The van der Waals surface area contributed by atoms with Gasteiger partial charge in [0, 0.05) is 19.1 Å². The van der Waals surface area contributed by atoms with E-state index >= 15 is 0 Å². The molecule has 0 aliphatic carbocycles. The number of nitrogens with zero attached hydrogens (tertiary/aromatic N) is 1. The second-order valence-corrected chi connectivity index (χ2v) is 6.82. The van der Waals surface area contributed by atoms with E-state index < -0.39 is 0 Å². The molecule has 2 heterocycles. The maximum Gasteiger partial charge on any atom is 0.161 e. The molecule has 26 heavy (non-hydrogen) atoms. The van der Waals surface area contributed by atoms with Crippen molar-refractivity contribution in [2.75, 3.05) is 33.9 Å². The van der Waals surface area contributed by atoms with Crippen LogP contribution in [-0.4, -0.2) is 44.9 Å². The number of fused-ring (bicyclic) bond motifs is 2. The Balaban J connectivity index is 1.50. The van der Waals surface area contributed by atoms with Gasteiger partial charge in [0.2, 0.25) is 0 Å². The van der Waals surface area contributed by atoms with Crippen LogP contribution in [0.25, 0.3) is 0 Å². The highest BCUT2D eigenvalue weighted by Gasteiger charge is 2.30. The zero-order chi connectivity index (χ0) is 18.1. The van der Waals surface area contributed by atoms with Crippen molar-refractivity contribution in [1.29, 1.82) is 0 Å². The lowest BCUT2D eigenvalue weighted by atomic mass is 9.92. The molecule has 2 aliphatic heterocycles. The molecule has 2 aromatic carbocycles. The number of ether oxygens (including phenoxy) is 4. The molecule has 138 valence electrons. The molecule has 0 bridgehead atoms. The van der Waals surface area contributed by atoms with Gasteiger partial charge in [-0.25, -0.2) is 0 Å². The molecule has 0 fully saturated rings. The maximum absolute atomic E-state index is 6.14. The first-order valence-electron chi connectivity index (χ1n) is 9.07. The third kappa shape index (κ3) is 3.07. The molecule has 2 atom stereocenters. The Bertz CT molecular complexity index is 792. The topological polar surface area (TPSA) is 40.2 Å². The summed E-state index contributed by atoms with van der Waals surface area (Å²) in [5, 5.41) is 0. The van der Waals surface area contributed by atoms with Crippen molar-refractivity contribution in [1.82, 2.24) is 4.90 Å². The standard InChI is InChI=1S/C21H25NO4/c1-14-17-11-21(24-3)20(23-2)10-15(17)8-9-22(14)12-16-13-25-18-6-4-5-7-19(18)26-16/h4-7,10-11,14,16H,8-9,12-13H2,1-3H3/t14-,16-/m1/s1. The molecule has 4 rings (SSSR count). The van der Waals surface area contributed by atoms with Gasteiger partial charge in [0.1, 0.15) is 12.7 Å². The molecule has 2 aromatic rings. The minimum atomic E-state index is 0.0362. The molecule has 0 amide bonds. The second-order valence-electron chi connectivity index (χ2n) is 6.82. The van der Waals surface area contributed by atoms with Gasteiger partial charge in [0.15, 0.2) is 23.0 Å². The van der Waals surface area contributed by atoms with E-state index in [1.165, 1.54) is 11.1 Å². The van der Waals surface area contributed by atoms with Crippen LogP contribution >= 0.6 is 0 Å². The summed E-state index contributed by atoms with van der Waals surface area (Å²) in [5.74, 6) is 3.25. The van der Waals surface area contributed by atoms with Gasteiger partial charge in [-0.3, -0.25) is 4.90 Å². The van der Waals surface area contributed by atoms with Crippen LogP contribution in [0.2, 0.25) is 0 Å². The Kier molecular flexibility index (Phi) is 4.64. The van der Waals surface area contributed by atoms with Crippen molar-refractivity contribution < 1.29 is 18.9 Å². The predicted octanol–water partition coefficient (Wildman–Crippen LogP) is 3.46. The third-order valence-corrected chi connectivity index (χ3v) is 5.32. The Morgan fingerprint density at radius 1 is 1.08 bits per heavy atom. The van der Waals surface area contributed by atoms with Gasteiger partial charge in [-0.1, -0.05) is 12.1 Å². The van der Waals surface area contributed by atoms with Crippen LogP contribution in [0, 0.1) is 0 Å². The highest BCUT2D eigenvalue weighted by molar-refractivity contribution is 5.49. The summed E-state index contributed by atoms with van der Waals surface area (Å²) in [6.45, 7) is 4.65. The molecule has 0 unspecified atom stereocenters. The van der Waals surface area contributed by atoms with Crippen molar-refractivity contribution in [3.8, 4) is 23.0 Å². The molecular weight excluding hydrogens is 330 g/mol. The first-order chi connectivity index (χ1) is 12.7. The van der Waals surface area contributed by atoms with Crippen LogP contribution in [0.3, 0.4) is 0 Å². The SMILES string of the molecule is COc1cc2c(cc1OC)[C@@H](C)N(C[C@@H]1COc3ccccc3O1)CC2. The fourth-order valence-electron chi connectivity index (χ4n) is 3.86. The van der Waals surface area contributed by atoms with Crippen molar-refractivity contribution >= 4 is 0 Å². The smallest absolute Gasteiger partial charge is 0.161 e. The lowest BCUT2D eigenvalue weighted by Crippen LogP contribution is -2.44. The van der Waals surface area contributed by atoms with Crippen molar-refractivity contribution in [2.45, 2.75) is 25.5 Å². The lowest BCUT2D eigenvalue weighted by molar-refractivity contribution is 0.0447. The molecule has 0 saturated carbocycles. The van der Waals surface area contributed by atoms with Gasteiger partial charge >= 0.3 is 0 Å². The van der Waals surface area contributed by atoms with E-state index in [0.717, 1.165) is 42.5 Å². The fourth-order valence-corrected chi connectivity index (χ4v) is 3.86. The van der Waals surface area contributed by atoms with Crippen LogP contribution in [0.15, 0.2) is 36.4 Å². The first kappa shape index (κ1) is 17.0.